The van der Waals surface area contributed by atoms with Gasteiger partial charge in [0.25, 0.3) is 21.8 Å². The number of hydrogen-bond donors (Lipinski definition) is 1. The lowest BCUT2D eigenvalue weighted by molar-refractivity contribution is 0.100. The highest BCUT2D eigenvalue weighted by Crippen LogP contribution is 2.35. The van der Waals surface area contributed by atoms with E-state index in [0.29, 0.717) is 15.1 Å². The van der Waals surface area contributed by atoms with E-state index in [1.54, 1.807) is 18.2 Å². The number of hydrogen-bond acceptors (Lipinski definition) is 5. The molecule has 0 saturated carbocycles. The molecule has 28 heavy (non-hydrogen) atoms. The highest BCUT2D eigenvalue weighted by molar-refractivity contribution is 7.94. The summed E-state index contributed by atoms with van der Waals surface area (Å²) in [5, 5.41) is 2.99. The van der Waals surface area contributed by atoms with Gasteiger partial charge in [0, 0.05) is 16.8 Å². The molecular weight excluding hydrogens is 402 g/mol. The fourth-order valence-electron chi connectivity index (χ4n) is 2.83. The van der Waals surface area contributed by atoms with Gasteiger partial charge in [0.2, 0.25) is 0 Å². The number of amides is 2. The summed E-state index contributed by atoms with van der Waals surface area (Å²) >= 11 is 5.83. The van der Waals surface area contributed by atoms with E-state index in [4.69, 9.17) is 11.6 Å². The molecule has 0 radical (unpaired) electrons. The second kappa shape index (κ2) is 6.74. The molecule has 0 fully saturated rings. The van der Waals surface area contributed by atoms with E-state index in [1.165, 1.54) is 48.7 Å². The predicted molar refractivity (Wildman–Crippen MR) is 104 cm³/mol. The van der Waals surface area contributed by atoms with Crippen LogP contribution in [0.5, 0.6) is 0 Å². The van der Waals surface area contributed by atoms with E-state index in [1.807, 2.05) is 0 Å². The standard InChI is InChI=1S/C19H12ClN3O4S/c20-13-5-7-14(8-6-13)23-19(25)15-9-4-12(11-16(15)28(23,26)27)18(24)22-17-3-1-2-10-21-17/h1-11H,(H,21,22,24). The molecule has 1 N–H and O–H groups in total. The molecule has 140 valence electrons. The number of rotatable bonds is 3. The van der Waals surface area contributed by atoms with Crippen molar-refractivity contribution < 1.29 is 18.0 Å². The van der Waals surface area contributed by atoms with Crippen LogP contribution in [0.4, 0.5) is 11.5 Å². The van der Waals surface area contributed by atoms with Crippen LogP contribution in [-0.2, 0) is 10.0 Å². The molecule has 0 atom stereocenters. The monoisotopic (exact) mass is 413 g/mol. The van der Waals surface area contributed by atoms with Gasteiger partial charge in [-0.05, 0) is 54.6 Å². The maximum absolute atomic E-state index is 12.9. The van der Waals surface area contributed by atoms with Gasteiger partial charge in [0.15, 0.2) is 0 Å². The summed E-state index contributed by atoms with van der Waals surface area (Å²) in [4.78, 5) is 28.9. The van der Waals surface area contributed by atoms with Crippen molar-refractivity contribution in [1.29, 1.82) is 0 Å². The Morgan fingerprint density at radius 1 is 1.04 bits per heavy atom. The summed E-state index contributed by atoms with van der Waals surface area (Å²) in [7, 11) is -4.15. The van der Waals surface area contributed by atoms with Crippen LogP contribution in [0.15, 0.2) is 71.8 Å². The lowest BCUT2D eigenvalue weighted by Gasteiger charge is -2.14. The Morgan fingerprint density at radius 3 is 2.46 bits per heavy atom. The zero-order valence-corrected chi connectivity index (χ0v) is 15.7. The van der Waals surface area contributed by atoms with Crippen molar-refractivity contribution in [2.75, 3.05) is 9.62 Å². The highest BCUT2D eigenvalue weighted by Gasteiger charge is 2.42. The van der Waals surface area contributed by atoms with Crippen LogP contribution < -0.4 is 9.62 Å². The topological polar surface area (TPSA) is 96.4 Å². The summed E-state index contributed by atoms with van der Waals surface area (Å²) in [6.45, 7) is 0. The number of halogens is 1. The average molecular weight is 414 g/mol. The molecule has 1 aromatic heterocycles. The number of carbonyl (C=O) groups is 2. The van der Waals surface area contributed by atoms with Crippen LogP contribution in [0.3, 0.4) is 0 Å². The molecule has 3 aromatic rings. The van der Waals surface area contributed by atoms with Crippen molar-refractivity contribution in [3.05, 3.63) is 83.0 Å². The largest absolute Gasteiger partial charge is 0.307 e. The first-order valence-electron chi connectivity index (χ1n) is 8.09. The second-order valence-corrected chi connectivity index (χ2v) is 8.12. The molecule has 9 heteroatoms. The molecule has 0 saturated heterocycles. The van der Waals surface area contributed by atoms with E-state index in [9.17, 15) is 18.0 Å². The van der Waals surface area contributed by atoms with E-state index in [2.05, 4.69) is 10.3 Å². The summed E-state index contributed by atoms with van der Waals surface area (Å²) in [5.41, 5.74) is 0.271. The zero-order valence-electron chi connectivity index (χ0n) is 14.2. The minimum absolute atomic E-state index is 0.00401. The van der Waals surface area contributed by atoms with Gasteiger partial charge in [-0.1, -0.05) is 17.7 Å². The quantitative estimate of drug-likeness (QED) is 0.710. The third kappa shape index (κ3) is 3.02. The van der Waals surface area contributed by atoms with Gasteiger partial charge in [-0.15, -0.1) is 0 Å². The normalized spacial score (nSPS) is 14.6. The Kier molecular flexibility index (Phi) is 4.37. The number of sulfonamides is 1. The summed E-state index contributed by atoms with van der Waals surface area (Å²) in [6, 6.07) is 14.8. The lowest BCUT2D eigenvalue weighted by atomic mass is 10.1. The maximum atomic E-state index is 12.9. The van der Waals surface area contributed by atoms with E-state index >= 15 is 0 Å². The lowest BCUT2D eigenvalue weighted by Crippen LogP contribution is -2.29. The molecular formula is C19H12ClN3O4S. The third-order valence-corrected chi connectivity index (χ3v) is 6.15. The van der Waals surface area contributed by atoms with Crippen molar-refractivity contribution in [3.63, 3.8) is 0 Å². The van der Waals surface area contributed by atoms with Gasteiger partial charge >= 0.3 is 0 Å². The molecule has 1 aliphatic rings. The summed E-state index contributed by atoms with van der Waals surface area (Å²) in [6.07, 6.45) is 1.52. The Balaban J connectivity index is 1.71. The molecule has 2 heterocycles. The van der Waals surface area contributed by atoms with Crippen LogP contribution in [0, 0.1) is 0 Å². The van der Waals surface area contributed by atoms with Crippen molar-refractivity contribution in [2.24, 2.45) is 0 Å². The minimum atomic E-state index is -4.15. The minimum Gasteiger partial charge on any atom is -0.307 e. The van der Waals surface area contributed by atoms with Crippen molar-refractivity contribution in [2.45, 2.75) is 4.90 Å². The summed E-state index contributed by atoms with van der Waals surface area (Å²) < 4.78 is 26.6. The number of aromatic nitrogens is 1. The first-order valence-corrected chi connectivity index (χ1v) is 9.91. The Labute approximate surface area is 165 Å². The Hall–Kier alpha value is -3.23. The molecule has 2 amide bonds. The van der Waals surface area contributed by atoms with E-state index in [-0.39, 0.29) is 21.7 Å². The smallest absolute Gasteiger partial charge is 0.273 e. The molecule has 0 unspecified atom stereocenters. The second-order valence-electron chi connectivity index (χ2n) is 5.93. The number of pyridine rings is 1. The SMILES string of the molecule is O=C(Nc1ccccn1)c1ccc2c(c1)S(=O)(=O)N(c1ccc(Cl)cc1)C2=O. The first-order chi connectivity index (χ1) is 13.4. The number of benzene rings is 2. The third-order valence-electron chi connectivity index (χ3n) is 4.14. The van der Waals surface area contributed by atoms with Crippen LogP contribution in [-0.4, -0.2) is 25.2 Å². The van der Waals surface area contributed by atoms with Gasteiger partial charge in [-0.2, -0.15) is 4.31 Å². The van der Waals surface area contributed by atoms with E-state index < -0.39 is 21.8 Å². The molecule has 0 spiro atoms. The van der Waals surface area contributed by atoms with Crippen LogP contribution in [0.2, 0.25) is 5.02 Å². The van der Waals surface area contributed by atoms with Crippen LogP contribution >= 0.6 is 11.6 Å². The van der Waals surface area contributed by atoms with Gasteiger partial charge in [-0.3, -0.25) is 9.59 Å². The molecule has 1 aliphatic heterocycles. The highest BCUT2D eigenvalue weighted by atomic mass is 35.5. The molecule has 7 nitrogen and oxygen atoms in total. The van der Waals surface area contributed by atoms with Crippen molar-refractivity contribution in [3.8, 4) is 0 Å². The fourth-order valence-corrected chi connectivity index (χ4v) is 4.58. The van der Waals surface area contributed by atoms with Crippen molar-refractivity contribution in [1.82, 2.24) is 4.98 Å². The number of nitrogens with one attached hydrogen (secondary N) is 1. The van der Waals surface area contributed by atoms with Crippen LogP contribution in [0.1, 0.15) is 20.7 Å². The number of anilines is 2. The van der Waals surface area contributed by atoms with Gasteiger partial charge in [-0.25, -0.2) is 13.4 Å². The van der Waals surface area contributed by atoms with Gasteiger partial charge < -0.3 is 5.32 Å². The van der Waals surface area contributed by atoms with Gasteiger partial charge in [0.1, 0.15) is 10.7 Å². The summed E-state index contributed by atoms with van der Waals surface area (Å²) in [5.74, 6) is -0.891. The molecule has 4 rings (SSSR count). The zero-order chi connectivity index (χ0) is 19.9. The number of carbonyl (C=O) groups excluding carboxylic acids is 2. The number of nitrogens with zero attached hydrogens (tertiary/aromatic N) is 2. The molecule has 2 aromatic carbocycles. The molecule has 0 bridgehead atoms. The van der Waals surface area contributed by atoms with E-state index in [0.717, 1.165) is 0 Å². The molecule has 0 aliphatic carbocycles. The fraction of sp³-hybridized carbons (Fsp3) is 0. The van der Waals surface area contributed by atoms with Crippen LogP contribution in [0.25, 0.3) is 0 Å². The Bertz CT molecular complexity index is 1200. The maximum Gasteiger partial charge on any atom is 0.273 e. The van der Waals surface area contributed by atoms with Crippen molar-refractivity contribution >= 4 is 44.9 Å². The van der Waals surface area contributed by atoms with Gasteiger partial charge in [0.05, 0.1) is 11.3 Å². The average Bonchev–Trinajstić information content (AvgIpc) is 2.89. The first kappa shape index (κ1) is 18.1. The Morgan fingerprint density at radius 2 is 1.79 bits per heavy atom. The number of fused-ring (bicyclic) bond motifs is 1. The predicted octanol–water partition coefficient (Wildman–Crippen LogP) is 3.34.